The number of aryl methyl sites for hydroxylation is 3. The zero-order valence-corrected chi connectivity index (χ0v) is 13.9. The molecule has 3 heteroatoms. The van der Waals surface area contributed by atoms with Crippen molar-refractivity contribution < 1.29 is 0 Å². The minimum Gasteiger partial charge on any atom is -0.293 e. The van der Waals surface area contributed by atoms with Crippen molar-refractivity contribution in [2.75, 3.05) is 0 Å². The lowest BCUT2D eigenvalue weighted by molar-refractivity contribution is 0.930. The highest BCUT2D eigenvalue weighted by Crippen LogP contribution is 2.33. The minimum atomic E-state index is 0.807. The fourth-order valence-corrected chi connectivity index (χ4v) is 3.28. The van der Waals surface area contributed by atoms with Crippen molar-refractivity contribution in [1.29, 1.82) is 0 Å². The molecule has 3 nitrogen and oxygen atoms in total. The molecule has 0 N–H and O–H groups in total. The van der Waals surface area contributed by atoms with Gasteiger partial charge >= 0.3 is 0 Å². The fraction of sp³-hybridized carbons (Fsp3) is 0.200. The number of aromatic nitrogens is 3. The van der Waals surface area contributed by atoms with Crippen LogP contribution in [0, 0.1) is 27.7 Å². The Kier molecular flexibility index (Phi) is 2.98. The van der Waals surface area contributed by atoms with E-state index in [4.69, 9.17) is 4.98 Å². The Labute approximate surface area is 135 Å². The maximum Gasteiger partial charge on any atom is 0.144 e. The second-order valence-electron chi connectivity index (χ2n) is 6.18. The Hall–Kier alpha value is -2.68. The van der Waals surface area contributed by atoms with E-state index in [2.05, 4.69) is 65.9 Å². The van der Waals surface area contributed by atoms with E-state index >= 15 is 0 Å². The van der Waals surface area contributed by atoms with Gasteiger partial charge in [-0.1, -0.05) is 29.8 Å². The summed E-state index contributed by atoms with van der Waals surface area (Å²) in [6, 6.07) is 15.1. The summed E-state index contributed by atoms with van der Waals surface area (Å²) < 4.78 is 2.26. The molecule has 2 aromatic carbocycles. The summed E-state index contributed by atoms with van der Waals surface area (Å²) in [5.41, 5.74) is 5.81. The molecule has 0 aliphatic carbocycles. The number of nitrogens with zero attached hydrogens (tertiary/aromatic N) is 3. The predicted octanol–water partition coefficient (Wildman–Crippen LogP) is 4.81. The summed E-state index contributed by atoms with van der Waals surface area (Å²) in [5.74, 6) is 1.78. The third-order valence-corrected chi connectivity index (χ3v) is 4.52. The zero-order valence-electron chi connectivity index (χ0n) is 13.9. The first-order valence-electron chi connectivity index (χ1n) is 7.88. The lowest BCUT2D eigenvalue weighted by Gasteiger charge is -2.12. The molecule has 2 heterocycles. The summed E-state index contributed by atoms with van der Waals surface area (Å²) >= 11 is 0. The molecule has 0 aliphatic rings. The van der Waals surface area contributed by atoms with E-state index in [1.54, 1.807) is 0 Å². The highest BCUT2D eigenvalue weighted by molar-refractivity contribution is 6.09. The smallest absolute Gasteiger partial charge is 0.144 e. The van der Waals surface area contributed by atoms with Gasteiger partial charge in [0.2, 0.25) is 0 Å². The number of hydrogen-bond donors (Lipinski definition) is 0. The molecule has 2 aromatic heterocycles. The Balaban J connectivity index is 2.22. The number of benzene rings is 2. The van der Waals surface area contributed by atoms with Crippen LogP contribution < -0.4 is 0 Å². The molecular weight excluding hydrogens is 282 g/mol. The van der Waals surface area contributed by atoms with E-state index in [1.807, 2.05) is 13.8 Å². The number of hydrogen-bond acceptors (Lipinski definition) is 2. The van der Waals surface area contributed by atoms with E-state index in [9.17, 15) is 0 Å². The lowest BCUT2D eigenvalue weighted by atomic mass is 10.1. The van der Waals surface area contributed by atoms with Crippen molar-refractivity contribution in [3.63, 3.8) is 0 Å². The number of fused-ring (bicyclic) bond motifs is 3. The highest BCUT2D eigenvalue weighted by atomic mass is 15.1. The first-order chi connectivity index (χ1) is 11.1. The van der Waals surface area contributed by atoms with Crippen LogP contribution in [0.3, 0.4) is 0 Å². The lowest BCUT2D eigenvalue weighted by Crippen LogP contribution is -2.06. The van der Waals surface area contributed by atoms with Crippen LogP contribution in [0.15, 0.2) is 42.5 Å². The standard InChI is InChI=1S/C20H19N3/c1-12-9-10-19-17(11-12)16-7-5-6-8-18(16)23(19)20-13(2)14(3)21-15(4)22-20/h5-11H,1-4H3. The van der Waals surface area contributed by atoms with E-state index in [1.165, 1.54) is 27.4 Å². The van der Waals surface area contributed by atoms with Crippen molar-refractivity contribution in [1.82, 2.24) is 14.5 Å². The maximum absolute atomic E-state index is 4.75. The molecule has 0 unspecified atom stereocenters. The van der Waals surface area contributed by atoms with Crippen LogP contribution in [0.5, 0.6) is 0 Å². The monoisotopic (exact) mass is 301 g/mol. The van der Waals surface area contributed by atoms with Gasteiger partial charge in [0, 0.05) is 22.0 Å². The van der Waals surface area contributed by atoms with Gasteiger partial charge in [0.15, 0.2) is 0 Å². The van der Waals surface area contributed by atoms with Crippen molar-refractivity contribution in [3.8, 4) is 5.82 Å². The topological polar surface area (TPSA) is 30.7 Å². The third kappa shape index (κ3) is 2.04. The summed E-state index contributed by atoms with van der Waals surface area (Å²) in [4.78, 5) is 9.24. The SMILES string of the molecule is Cc1ccc2c(c1)c1ccccc1n2-c1nc(C)nc(C)c1C. The molecule has 23 heavy (non-hydrogen) atoms. The van der Waals surface area contributed by atoms with E-state index in [0.717, 1.165) is 22.9 Å². The largest absolute Gasteiger partial charge is 0.293 e. The summed E-state index contributed by atoms with van der Waals surface area (Å²) in [5, 5.41) is 2.54. The molecule has 0 fully saturated rings. The molecule has 0 spiro atoms. The van der Waals surface area contributed by atoms with Crippen molar-refractivity contribution in [2.45, 2.75) is 27.7 Å². The Morgan fingerprint density at radius 2 is 1.52 bits per heavy atom. The molecule has 0 amide bonds. The van der Waals surface area contributed by atoms with Gasteiger partial charge in [0.1, 0.15) is 11.6 Å². The van der Waals surface area contributed by atoms with Crippen LogP contribution in [0.2, 0.25) is 0 Å². The van der Waals surface area contributed by atoms with E-state index in [0.29, 0.717) is 0 Å². The average molecular weight is 301 g/mol. The Morgan fingerprint density at radius 1 is 0.783 bits per heavy atom. The molecule has 0 aliphatic heterocycles. The van der Waals surface area contributed by atoms with Gasteiger partial charge in [-0.3, -0.25) is 4.57 Å². The molecular formula is C20H19N3. The zero-order chi connectivity index (χ0) is 16.1. The van der Waals surface area contributed by atoms with Gasteiger partial charge < -0.3 is 0 Å². The first-order valence-corrected chi connectivity index (χ1v) is 7.88. The first kappa shape index (κ1) is 13.9. The Morgan fingerprint density at radius 3 is 2.35 bits per heavy atom. The van der Waals surface area contributed by atoms with Crippen LogP contribution in [0.25, 0.3) is 27.6 Å². The van der Waals surface area contributed by atoms with Crippen LogP contribution >= 0.6 is 0 Å². The molecule has 4 aromatic rings. The van der Waals surface area contributed by atoms with Crippen LogP contribution in [-0.2, 0) is 0 Å². The van der Waals surface area contributed by atoms with Crippen LogP contribution in [-0.4, -0.2) is 14.5 Å². The number of rotatable bonds is 1. The van der Waals surface area contributed by atoms with E-state index < -0.39 is 0 Å². The summed E-state index contributed by atoms with van der Waals surface area (Å²) in [7, 11) is 0. The van der Waals surface area contributed by atoms with Crippen molar-refractivity contribution in [2.24, 2.45) is 0 Å². The minimum absolute atomic E-state index is 0.807. The van der Waals surface area contributed by atoms with Gasteiger partial charge in [0.25, 0.3) is 0 Å². The quantitative estimate of drug-likeness (QED) is 0.505. The molecule has 114 valence electrons. The van der Waals surface area contributed by atoms with Gasteiger partial charge in [-0.25, -0.2) is 9.97 Å². The molecule has 4 rings (SSSR count). The van der Waals surface area contributed by atoms with Gasteiger partial charge in [-0.05, 0) is 45.9 Å². The second-order valence-corrected chi connectivity index (χ2v) is 6.18. The normalized spacial score (nSPS) is 11.5. The summed E-state index contributed by atoms with van der Waals surface area (Å²) in [6.45, 7) is 8.23. The van der Waals surface area contributed by atoms with Gasteiger partial charge in [0.05, 0.1) is 11.0 Å². The third-order valence-electron chi connectivity index (χ3n) is 4.52. The summed E-state index contributed by atoms with van der Waals surface area (Å²) in [6.07, 6.45) is 0. The van der Waals surface area contributed by atoms with Crippen molar-refractivity contribution >= 4 is 21.8 Å². The van der Waals surface area contributed by atoms with Crippen LogP contribution in [0.4, 0.5) is 0 Å². The van der Waals surface area contributed by atoms with Gasteiger partial charge in [-0.15, -0.1) is 0 Å². The predicted molar refractivity (Wildman–Crippen MR) is 95.3 cm³/mol. The average Bonchev–Trinajstić information content (AvgIpc) is 2.85. The van der Waals surface area contributed by atoms with E-state index in [-0.39, 0.29) is 0 Å². The highest BCUT2D eigenvalue weighted by Gasteiger charge is 2.16. The van der Waals surface area contributed by atoms with Crippen molar-refractivity contribution in [3.05, 3.63) is 65.1 Å². The molecule has 0 saturated carbocycles. The molecule has 0 bridgehead atoms. The molecule has 0 atom stereocenters. The maximum atomic E-state index is 4.75. The Bertz CT molecular complexity index is 1060. The second kappa shape index (κ2) is 4.92. The van der Waals surface area contributed by atoms with Crippen LogP contribution in [0.1, 0.15) is 22.6 Å². The molecule has 0 radical (unpaired) electrons. The number of para-hydroxylation sites is 1. The fourth-order valence-electron chi connectivity index (χ4n) is 3.28. The molecule has 0 saturated heterocycles. The van der Waals surface area contributed by atoms with Gasteiger partial charge in [-0.2, -0.15) is 0 Å².